The number of hydrogen-bond donors (Lipinski definition) is 0. The fourth-order valence-corrected chi connectivity index (χ4v) is 2.71. The predicted molar refractivity (Wildman–Crippen MR) is 119 cm³/mol. The zero-order valence-corrected chi connectivity index (χ0v) is 18.4. The van der Waals surface area contributed by atoms with Crippen LogP contribution in [0.1, 0.15) is 44.0 Å². The Labute approximate surface area is 185 Å². The van der Waals surface area contributed by atoms with Crippen molar-refractivity contribution in [1.82, 2.24) is 0 Å². The van der Waals surface area contributed by atoms with E-state index in [1.54, 1.807) is 42.5 Å². The molecule has 0 radical (unpaired) electrons. The van der Waals surface area contributed by atoms with Crippen molar-refractivity contribution in [2.75, 3.05) is 13.2 Å². The van der Waals surface area contributed by atoms with Crippen molar-refractivity contribution in [2.24, 2.45) is 5.41 Å². The lowest BCUT2D eigenvalue weighted by Crippen LogP contribution is -2.26. The van der Waals surface area contributed by atoms with Crippen LogP contribution in [0.4, 0.5) is 0 Å². The first-order chi connectivity index (χ1) is 15.3. The molecule has 168 valence electrons. The summed E-state index contributed by atoms with van der Waals surface area (Å²) in [6.07, 6.45) is 1.28. The Hall–Kier alpha value is -3.61. The van der Waals surface area contributed by atoms with E-state index in [2.05, 4.69) is 0 Å². The molecule has 0 unspecified atom stereocenters. The lowest BCUT2D eigenvalue weighted by Gasteiger charge is -2.20. The standard InChI is InChI=1S/C25H26O7/c1-4-25(2,3)24(28)30-15-5-14-29-19-10-7-18(8-11-19)23(27)31-20-12-6-17-9-13-22(26)32-21(17)16-20/h6-13,16H,4-5,14-15H2,1-3H3. The van der Waals surface area contributed by atoms with Crippen LogP contribution in [0.5, 0.6) is 11.5 Å². The fourth-order valence-electron chi connectivity index (χ4n) is 2.71. The molecule has 0 saturated carbocycles. The summed E-state index contributed by atoms with van der Waals surface area (Å²) >= 11 is 0. The molecule has 0 aliphatic rings. The molecule has 7 heteroatoms. The molecule has 32 heavy (non-hydrogen) atoms. The van der Waals surface area contributed by atoms with E-state index < -0.39 is 17.0 Å². The first kappa shape index (κ1) is 23.1. The molecule has 0 amide bonds. The van der Waals surface area contributed by atoms with Crippen LogP contribution in [-0.4, -0.2) is 25.2 Å². The lowest BCUT2D eigenvalue weighted by atomic mass is 9.91. The van der Waals surface area contributed by atoms with E-state index in [1.165, 1.54) is 12.1 Å². The van der Waals surface area contributed by atoms with Crippen molar-refractivity contribution in [3.05, 3.63) is 70.6 Å². The van der Waals surface area contributed by atoms with E-state index in [1.807, 2.05) is 20.8 Å². The second kappa shape index (κ2) is 10.1. The van der Waals surface area contributed by atoms with Gasteiger partial charge in [0.15, 0.2) is 0 Å². The molecule has 3 rings (SSSR count). The molecular weight excluding hydrogens is 412 g/mol. The summed E-state index contributed by atoms with van der Waals surface area (Å²) in [6.45, 7) is 6.33. The van der Waals surface area contributed by atoms with Crippen molar-refractivity contribution in [1.29, 1.82) is 0 Å². The first-order valence-corrected chi connectivity index (χ1v) is 10.4. The molecule has 1 heterocycles. The van der Waals surface area contributed by atoms with Gasteiger partial charge in [-0.2, -0.15) is 0 Å². The van der Waals surface area contributed by atoms with Crippen LogP contribution in [0.3, 0.4) is 0 Å². The molecule has 0 spiro atoms. The maximum Gasteiger partial charge on any atom is 0.343 e. The molecule has 0 bridgehead atoms. The number of carbonyl (C=O) groups excluding carboxylic acids is 2. The summed E-state index contributed by atoms with van der Waals surface area (Å²) in [5.74, 6) is 0.114. The van der Waals surface area contributed by atoms with Gasteiger partial charge in [0.25, 0.3) is 0 Å². The average molecular weight is 438 g/mol. The van der Waals surface area contributed by atoms with Crippen LogP contribution in [0.25, 0.3) is 11.0 Å². The summed E-state index contributed by atoms with van der Waals surface area (Å²) in [5, 5.41) is 0.731. The third-order valence-electron chi connectivity index (χ3n) is 5.12. The highest BCUT2D eigenvalue weighted by atomic mass is 16.5. The third kappa shape index (κ3) is 5.97. The van der Waals surface area contributed by atoms with Crippen LogP contribution in [0, 0.1) is 5.41 Å². The normalized spacial score (nSPS) is 11.2. The Morgan fingerprint density at radius 2 is 1.62 bits per heavy atom. The van der Waals surface area contributed by atoms with Crippen molar-refractivity contribution in [2.45, 2.75) is 33.6 Å². The summed E-state index contributed by atoms with van der Waals surface area (Å²) in [7, 11) is 0. The number of hydrogen-bond acceptors (Lipinski definition) is 7. The highest BCUT2D eigenvalue weighted by molar-refractivity contribution is 5.91. The molecule has 2 aromatic carbocycles. The SMILES string of the molecule is CCC(C)(C)C(=O)OCCCOc1ccc(C(=O)Oc2ccc3ccc(=O)oc3c2)cc1. The zero-order chi connectivity index (χ0) is 23.1. The monoisotopic (exact) mass is 438 g/mol. The van der Waals surface area contributed by atoms with Crippen molar-refractivity contribution >= 4 is 22.9 Å². The summed E-state index contributed by atoms with van der Waals surface area (Å²) in [6, 6.07) is 14.3. The second-order valence-corrected chi connectivity index (χ2v) is 7.94. The summed E-state index contributed by atoms with van der Waals surface area (Å²) in [4.78, 5) is 35.7. The van der Waals surface area contributed by atoms with Gasteiger partial charge in [-0.05, 0) is 62.7 Å². The van der Waals surface area contributed by atoms with Crippen molar-refractivity contribution in [3.8, 4) is 11.5 Å². The molecule has 0 N–H and O–H groups in total. The van der Waals surface area contributed by atoms with E-state index in [0.29, 0.717) is 43.0 Å². The number of fused-ring (bicyclic) bond motifs is 1. The van der Waals surface area contributed by atoms with Gasteiger partial charge in [-0.1, -0.05) is 6.92 Å². The highest BCUT2D eigenvalue weighted by Crippen LogP contribution is 2.22. The Kier molecular flexibility index (Phi) is 7.30. The molecule has 7 nitrogen and oxygen atoms in total. The molecular formula is C25H26O7. The maximum atomic E-state index is 12.4. The number of benzene rings is 2. The van der Waals surface area contributed by atoms with Crippen LogP contribution in [0.15, 0.2) is 63.8 Å². The van der Waals surface area contributed by atoms with E-state index in [-0.39, 0.29) is 11.7 Å². The first-order valence-electron chi connectivity index (χ1n) is 10.4. The van der Waals surface area contributed by atoms with Gasteiger partial charge in [-0.25, -0.2) is 9.59 Å². The van der Waals surface area contributed by atoms with E-state index in [4.69, 9.17) is 18.6 Å². The minimum Gasteiger partial charge on any atom is -0.493 e. The van der Waals surface area contributed by atoms with Gasteiger partial charge < -0.3 is 18.6 Å². The van der Waals surface area contributed by atoms with Crippen LogP contribution >= 0.6 is 0 Å². The topological polar surface area (TPSA) is 92.0 Å². The van der Waals surface area contributed by atoms with Gasteiger partial charge in [0.05, 0.1) is 24.2 Å². The molecule has 0 atom stereocenters. The number of esters is 2. The Morgan fingerprint density at radius 3 is 2.34 bits per heavy atom. The highest BCUT2D eigenvalue weighted by Gasteiger charge is 2.26. The maximum absolute atomic E-state index is 12.4. The Balaban J connectivity index is 1.48. The molecule has 0 aliphatic heterocycles. The minimum atomic E-state index is -0.542. The van der Waals surface area contributed by atoms with Gasteiger partial charge in [0.2, 0.25) is 0 Å². The summed E-state index contributed by atoms with van der Waals surface area (Å²) in [5.41, 5.74) is -0.260. The van der Waals surface area contributed by atoms with Gasteiger partial charge in [-0.3, -0.25) is 4.79 Å². The van der Waals surface area contributed by atoms with Gasteiger partial charge in [0, 0.05) is 23.9 Å². The van der Waals surface area contributed by atoms with Crippen molar-refractivity contribution < 1.29 is 28.2 Å². The van der Waals surface area contributed by atoms with E-state index >= 15 is 0 Å². The fraction of sp³-hybridized carbons (Fsp3) is 0.320. The molecule has 0 aliphatic carbocycles. The van der Waals surface area contributed by atoms with E-state index in [9.17, 15) is 14.4 Å². The van der Waals surface area contributed by atoms with E-state index in [0.717, 1.165) is 5.39 Å². The average Bonchev–Trinajstić information content (AvgIpc) is 2.78. The lowest BCUT2D eigenvalue weighted by molar-refractivity contribution is -0.154. The molecule has 0 saturated heterocycles. The predicted octanol–water partition coefficient (Wildman–Crippen LogP) is 4.76. The smallest absolute Gasteiger partial charge is 0.343 e. The number of rotatable bonds is 9. The Bertz CT molecular complexity index is 1140. The quantitative estimate of drug-likeness (QED) is 0.206. The largest absolute Gasteiger partial charge is 0.493 e. The number of carbonyl (C=O) groups is 2. The van der Waals surface area contributed by atoms with Gasteiger partial charge in [0.1, 0.15) is 17.1 Å². The summed E-state index contributed by atoms with van der Waals surface area (Å²) < 4.78 is 21.4. The van der Waals surface area contributed by atoms with Crippen molar-refractivity contribution in [3.63, 3.8) is 0 Å². The molecule has 0 fully saturated rings. The van der Waals surface area contributed by atoms with Crippen LogP contribution < -0.4 is 15.1 Å². The minimum absolute atomic E-state index is 0.212. The Morgan fingerprint density at radius 1 is 0.938 bits per heavy atom. The number of ether oxygens (including phenoxy) is 3. The molecule has 1 aromatic heterocycles. The van der Waals surface area contributed by atoms with Crippen LogP contribution in [-0.2, 0) is 9.53 Å². The zero-order valence-electron chi connectivity index (χ0n) is 18.4. The third-order valence-corrected chi connectivity index (χ3v) is 5.12. The van der Waals surface area contributed by atoms with Gasteiger partial charge in [-0.15, -0.1) is 0 Å². The second-order valence-electron chi connectivity index (χ2n) is 7.94. The van der Waals surface area contributed by atoms with Crippen LogP contribution in [0.2, 0.25) is 0 Å². The van der Waals surface area contributed by atoms with Gasteiger partial charge >= 0.3 is 17.6 Å². The molecule has 3 aromatic rings.